The molecule has 0 amide bonds. The lowest BCUT2D eigenvalue weighted by molar-refractivity contribution is -0.164. The monoisotopic (exact) mass is 203 g/mol. The van der Waals surface area contributed by atoms with Crippen LogP contribution in [-0.2, 0) is 19.1 Å². The number of carbonyl (C=O) groups is 3. The highest BCUT2D eigenvalue weighted by molar-refractivity contribution is 5.80. The molecule has 1 atom stereocenters. The number of rotatable bonds is 3. The van der Waals surface area contributed by atoms with Crippen LogP contribution in [0.15, 0.2) is 0 Å². The Kier molecular flexibility index (Phi) is 3.03. The maximum atomic E-state index is 10.8. The molecule has 7 nitrogen and oxygen atoms in total. The standard InChI is InChI=1S/C7H9NO6/c9-5(10)1-8-2-6(11)14-3-4(8)7(12)13/h4H,1-3H2,(H,9,10)(H,12,13)/t4-/m0/s1. The fourth-order valence-corrected chi connectivity index (χ4v) is 1.17. The molecule has 0 bridgehead atoms. The number of carboxylic acid groups (broad SMARTS) is 2. The number of morpholine rings is 1. The molecule has 0 unspecified atom stereocenters. The fraction of sp³-hybridized carbons (Fsp3) is 0.571. The van der Waals surface area contributed by atoms with E-state index in [1.807, 2.05) is 0 Å². The van der Waals surface area contributed by atoms with Crippen molar-refractivity contribution in [1.29, 1.82) is 0 Å². The third-order valence-corrected chi connectivity index (χ3v) is 1.80. The topological polar surface area (TPSA) is 104 Å². The van der Waals surface area contributed by atoms with Crippen LogP contribution in [0.3, 0.4) is 0 Å². The molecule has 1 aliphatic heterocycles. The summed E-state index contributed by atoms with van der Waals surface area (Å²) in [5.74, 6) is -2.98. The van der Waals surface area contributed by atoms with Crippen LogP contribution < -0.4 is 0 Å². The van der Waals surface area contributed by atoms with Crippen molar-refractivity contribution in [3.63, 3.8) is 0 Å². The van der Waals surface area contributed by atoms with Crippen molar-refractivity contribution in [2.45, 2.75) is 6.04 Å². The first kappa shape index (κ1) is 10.5. The van der Waals surface area contributed by atoms with Gasteiger partial charge in [-0.3, -0.25) is 19.3 Å². The van der Waals surface area contributed by atoms with Crippen LogP contribution in [-0.4, -0.2) is 58.8 Å². The maximum Gasteiger partial charge on any atom is 0.324 e. The number of ether oxygens (including phenoxy) is 1. The summed E-state index contributed by atoms with van der Waals surface area (Å²) in [6, 6.07) is -1.07. The molecule has 0 aromatic rings. The first-order valence-electron chi connectivity index (χ1n) is 3.85. The maximum absolute atomic E-state index is 10.8. The molecule has 0 saturated carbocycles. The first-order chi connectivity index (χ1) is 6.50. The van der Waals surface area contributed by atoms with Crippen molar-refractivity contribution in [2.75, 3.05) is 19.7 Å². The Morgan fingerprint density at radius 1 is 1.50 bits per heavy atom. The van der Waals surface area contributed by atoms with Crippen LogP contribution in [0, 0.1) is 0 Å². The number of cyclic esters (lactones) is 1. The largest absolute Gasteiger partial charge is 0.480 e. The molecule has 2 N–H and O–H groups in total. The number of esters is 1. The highest BCUT2D eigenvalue weighted by Crippen LogP contribution is 2.07. The summed E-state index contributed by atoms with van der Waals surface area (Å²) in [4.78, 5) is 32.8. The minimum Gasteiger partial charge on any atom is -0.480 e. The molecule has 0 aromatic heterocycles. The summed E-state index contributed by atoms with van der Waals surface area (Å²) in [5, 5.41) is 17.1. The SMILES string of the molecule is O=C(O)CN1CC(=O)OC[C@H]1C(=O)O. The van der Waals surface area contributed by atoms with Gasteiger partial charge in [-0.1, -0.05) is 0 Å². The normalized spacial score (nSPS) is 22.9. The molecule has 0 spiro atoms. The quantitative estimate of drug-likeness (QED) is 0.531. The van der Waals surface area contributed by atoms with Crippen molar-refractivity contribution < 1.29 is 29.3 Å². The van der Waals surface area contributed by atoms with E-state index in [0.29, 0.717) is 0 Å². The first-order valence-corrected chi connectivity index (χ1v) is 3.85. The number of carbonyl (C=O) groups excluding carboxylic acids is 1. The third kappa shape index (κ3) is 2.43. The van der Waals surface area contributed by atoms with E-state index in [0.717, 1.165) is 4.90 Å². The Morgan fingerprint density at radius 2 is 2.14 bits per heavy atom. The second kappa shape index (κ2) is 4.05. The van der Waals surface area contributed by atoms with Gasteiger partial charge in [-0.2, -0.15) is 0 Å². The van der Waals surface area contributed by atoms with Crippen LogP contribution in [0.1, 0.15) is 0 Å². The molecular weight excluding hydrogens is 194 g/mol. The molecule has 1 aliphatic rings. The van der Waals surface area contributed by atoms with Gasteiger partial charge in [0.15, 0.2) is 0 Å². The van der Waals surface area contributed by atoms with Gasteiger partial charge in [-0.05, 0) is 0 Å². The van der Waals surface area contributed by atoms with E-state index in [-0.39, 0.29) is 13.2 Å². The van der Waals surface area contributed by atoms with Gasteiger partial charge in [0.2, 0.25) is 0 Å². The summed E-state index contributed by atoms with van der Waals surface area (Å²) in [5.41, 5.74) is 0. The average Bonchev–Trinajstić information content (AvgIpc) is 2.01. The smallest absolute Gasteiger partial charge is 0.324 e. The van der Waals surface area contributed by atoms with Crippen LogP contribution in [0.5, 0.6) is 0 Å². The molecule has 1 heterocycles. The molecule has 0 radical (unpaired) electrons. The summed E-state index contributed by atoms with van der Waals surface area (Å²) < 4.78 is 4.51. The zero-order chi connectivity index (χ0) is 10.7. The predicted octanol–water partition coefficient (Wildman–Crippen LogP) is -1.62. The molecule has 14 heavy (non-hydrogen) atoms. The Balaban J connectivity index is 2.68. The van der Waals surface area contributed by atoms with E-state index in [2.05, 4.69) is 4.74 Å². The van der Waals surface area contributed by atoms with Crippen LogP contribution in [0.2, 0.25) is 0 Å². The number of carboxylic acids is 2. The summed E-state index contributed by atoms with van der Waals surface area (Å²) >= 11 is 0. The molecule has 0 aliphatic carbocycles. The highest BCUT2D eigenvalue weighted by Gasteiger charge is 2.34. The van der Waals surface area contributed by atoms with Crippen molar-refractivity contribution in [3.05, 3.63) is 0 Å². The zero-order valence-corrected chi connectivity index (χ0v) is 7.17. The second-order valence-corrected chi connectivity index (χ2v) is 2.84. The molecular formula is C7H9NO6. The van der Waals surface area contributed by atoms with E-state index < -0.39 is 30.5 Å². The molecule has 7 heteroatoms. The van der Waals surface area contributed by atoms with Gasteiger partial charge >= 0.3 is 17.9 Å². The molecule has 1 fully saturated rings. The minimum atomic E-state index is -1.20. The predicted molar refractivity (Wildman–Crippen MR) is 41.6 cm³/mol. The van der Waals surface area contributed by atoms with Gasteiger partial charge in [0.05, 0.1) is 13.1 Å². The average molecular weight is 203 g/mol. The van der Waals surface area contributed by atoms with Gasteiger partial charge in [0.1, 0.15) is 12.6 Å². The van der Waals surface area contributed by atoms with E-state index in [1.54, 1.807) is 0 Å². The van der Waals surface area contributed by atoms with E-state index >= 15 is 0 Å². The van der Waals surface area contributed by atoms with Crippen molar-refractivity contribution in [1.82, 2.24) is 4.90 Å². The van der Waals surface area contributed by atoms with Gasteiger partial charge in [0.25, 0.3) is 0 Å². The summed E-state index contributed by atoms with van der Waals surface area (Å²) in [7, 11) is 0. The molecule has 0 aromatic carbocycles. The van der Waals surface area contributed by atoms with Crippen molar-refractivity contribution in [2.24, 2.45) is 0 Å². The Morgan fingerprint density at radius 3 is 2.64 bits per heavy atom. The Bertz CT molecular complexity index is 273. The zero-order valence-electron chi connectivity index (χ0n) is 7.17. The van der Waals surface area contributed by atoms with E-state index in [9.17, 15) is 14.4 Å². The van der Waals surface area contributed by atoms with Gasteiger partial charge in [0, 0.05) is 0 Å². The lowest BCUT2D eigenvalue weighted by Gasteiger charge is -2.30. The second-order valence-electron chi connectivity index (χ2n) is 2.84. The van der Waals surface area contributed by atoms with Crippen LogP contribution in [0.25, 0.3) is 0 Å². The number of hydrogen-bond donors (Lipinski definition) is 2. The summed E-state index contributed by atoms with van der Waals surface area (Å²) in [6.45, 7) is -1.09. The number of aliphatic carboxylic acids is 2. The minimum absolute atomic E-state index is 0.302. The Hall–Kier alpha value is -1.63. The van der Waals surface area contributed by atoms with Gasteiger partial charge < -0.3 is 14.9 Å². The lowest BCUT2D eigenvalue weighted by atomic mass is 10.2. The van der Waals surface area contributed by atoms with E-state index in [1.165, 1.54) is 0 Å². The van der Waals surface area contributed by atoms with Crippen molar-refractivity contribution >= 4 is 17.9 Å². The van der Waals surface area contributed by atoms with Crippen LogP contribution >= 0.6 is 0 Å². The third-order valence-electron chi connectivity index (χ3n) is 1.80. The highest BCUT2D eigenvalue weighted by atomic mass is 16.5. The number of hydrogen-bond acceptors (Lipinski definition) is 5. The molecule has 1 saturated heterocycles. The van der Waals surface area contributed by atoms with Crippen molar-refractivity contribution in [3.8, 4) is 0 Å². The molecule has 78 valence electrons. The van der Waals surface area contributed by atoms with Gasteiger partial charge in [-0.25, -0.2) is 0 Å². The fourth-order valence-electron chi connectivity index (χ4n) is 1.17. The number of nitrogens with zero attached hydrogens (tertiary/aromatic N) is 1. The van der Waals surface area contributed by atoms with E-state index in [4.69, 9.17) is 10.2 Å². The van der Waals surface area contributed by atoms with Gasteiger partial charge in [-0.15, -0.1) is 0 Å². The van der Waals surface area contributed by atoms with Crippen LogP contribution in [0.4, 0.5) is 0 Å². The summed E-state index contributed by atoms with van der Waals surface area (Å²) in [6.07, 6.45) is 0. The molecule has 1 rings (SSSR count). The lowest BCUT2D eigenvalue weighted by Crippen LogP contribution is -2.53. The Labute approximate surface area is 78.9 Å².